The van der Waals surface area contributed by atoms with Crippen molar-refractivity contribution in [3.8, 4) is 0 Å². The molecule has 0 aliphatic carbocycles. The summed E-state index contributed by atoms with van der Waals surface area (Å²) >= 11 is 0. The Morgan fingerprint density at radius 2 is 1.53 bits per heavy atom. The number of aliphatic hydroxyl groups excluding tert-OH is 3. The highest BCUT2D eigenvalue weighted by Gasteiger charge is 2.44. The van der Waals surface area contributed by atoms with Crippen molar-refractivity contribution >= 4 is 6.09 Å². The Morgan fingerprint density at radius 3 is 2.03 bits per heavy atom. The Hall–Kier alpha value is -1.93. The van der Waals surface area contributed by atoms with Gasteiger partial charge in [-0.1, -0.05) is 97.1 Å². The summed E-state index contributed by atoms with van der Waals surface area (Å²) in [5, 5.41) is 54.5. The summed E-state index contributed by atoms with van der Waals surface area (Å²) in [6.45, 7) is 18.6. The molecule has 0 saturated carbocycles. The zero-order chi connectivity index (χ0) is 28.2. The quantitative estimate of drug-likeness (QED) is 0.0998. The lowest BCUT2D eigenvalue weighted by Gasteiger charge is -2.41. The fourth-order valence-corrected chi connectivity index (χ4v) is 4.66. The Morgan fingerprint density at radius 1 is 0.944 bits per heavy atom. The molecule has 0 bridgehead atoms. The van der Waals surface area contributed by atoms with Crippen LogP contribution < -0.4 is 5.32 Å². The van der Waals surface area contributed by atoms with Crippen LogP contribution in [0.3, 0.4) is 0 Å². The van der Waals surface area contributed by atoms with Gasteiger partial charge in [-0.15, -0.1) is 0 Å². The molecule has 0 aromatic carbocycles. The zero-order valence-electron chi connectivity index (χ0n) is 23.4. The lowest BCUT2D eigenvalue weighted by molar-refractivity contribution is -0.116. The molecule has 0 aromatic heterocycles. The van der Waals surface area contributed by atoms with E-state index < -0.39 is 42.0 Å². The molecular weight excluding hydrogens is 458 g/mol. The van der Waals surface area contributed by atoms with Crippen molar-refractivity contribution < 1.29 is 30.3 Å². The number of nitrogens with one attached hydrogen (secondary N) is 1. The third-order valence-corrected chi connectivity index (χ3v) is 6.95. The maximum absolute atomic E-state index is 11.4. The van der Waals surface area contributed by atoms with Crippen LogP contribution in [-0.4, -0.2) is 55.7 Å². The number of carbonyl (C=O) groups is 1. The minimum Gasteiger partial charge on any atom is -0.465 e. The number of allylic oxidation sites excluding steroid dienone is 3. The fourth-order valence-electron chi connectivity index (χ4n) is 4.66. The van der Waals surface area contributed by atoms with E-state index in [1.165, 1.54) is 6.08 Å². The van der Waals surface area contributed by atoms with Gasteiger partial charge < -0.3 is 25.5 Å². The summed E-state index contributed by atoms with van der Waals surface area (Å²) in [6, 6.07) is 0. The van der Waals surface area contributed by atoms with Crippen molar-refractivity contribution in [1.29, 1.82) is 0 Å². The number of hydrogen-bond acceptors (Lipinski definition) is 5. The van der Waals surface area contributed by atoms with E-state index in [2.05, 4.69) is 11.9 Å². The molecule has 7 nitrogen and oxygen atoms in total. The molecule has 9 atom stereocenters. The Labute approximate surface area is 218 Å². The first-order valence-corrected chi connectivity index (χ1v) is 13.0. The van der Waals surface area contributed by atoms with Crippen LogP contribution >= 0.6 is 0 Å². The minimum atomic E-state index is -1.87. The average Bonchev–Trinajstić information content (AvgIpc) is 2.77. The Kier molecular flexibility index (Phi) is 15.2. The van der Waals surface area contributed by atoms with Crippen LogP contribution in [0.4, 0.5) is 4.79 Å². The first-order valence-electron chi connectivity index (χ1n) is 13.0. The van der Waals surface area contributed by atoms with E-state index in [1.54, 1.807) is 32.1 Å². The lowest BCUT2D eigenvalue weighted by atomic mass is 9.77. The van der Waals surface area contributed by atoms with Crippen molar-refractivity contribution in [3.63, 3.8) is 0 Å². The van der Waals surface area contributed by atoms with Crippen LogP contribution in [0, 0.1) is 35.5 Å². The van der Waals surface area contributed by atoms with E-state index in [0.717, 1.165) is 5.57 Å². The summed E-state index contributed by atoms with van der Waals surface area (Å²) < 4.78 is 0. The monoisotopic (exact) mass is 509 g/mol. The van der Waals surface area contributed by atoms with Gasteiger partial charge in [-0.05, 0) is 31.6 Å². The van der Waals surface area contributed by atoms with E-state index in [4.69, 9.17) is 0 Å². The lowest BCUT2D eigenvalue weighted by Crippen LogP contribution is -2.60. The first kappa shape index (κ1) is 34.1. The molecule has 0 rings (SSSR count). The molecule has 6 N–H and O–H groups in total. The molecule has 0 spiro atoms. The summed E-state index contributed by atoms with van der Waals surface area (Å²) in [5.74, 6) is -1.59. The molecule has 0 radical (unpaired) electrons. The number of rotatable bonds is 16. The zero-order valence-corrected chi connectivity index (χ0v) is 23.4. The molecule has 36 heavy (non-hydrogen) atoms. The molecule has 0 aliphatic rings. The topological polar surface area (TPSA) is 130 Å². The highest BCUT2D eigenvalue weighted by Crippen LogP contribution is 2.32. The van der Waals surface area contributed by atoms with Gasteiger partial charge in [-0.3, -0.25) is 5.32 Å². The van der Waals surface area contributed by atoms with Crippen molar-refractivity contribution in [2.75, 3.05) is 0 Å². The summed E-state index contributed by atoms with van der Waals surface area (Å²) in [6.07, 6.45) is 8.04. The van der Waals surface area contributed by atoms with Crippen LogP contribution in [0.5, 0.6) is 0 Å². The van der Waals surface area contributed by atoms with Gasteiger partial charge in [0.25, 0.3) is 0 Å². The third kappa shape index (κ3) is 11.4. The van der Waals surface area contributed by atoms with Crippen molar-refractivity contribution in [1.82, 2.24) is 5.32 Å². The van der Waals surface area contributed by atoms with E-state index >= 15 is 0 Å². The summed E-state index contributed by atoms with van der Waals surface area (Å²) in [4.78, 5) is 11.4. The maximum atomic E-state index is 11.4. The largest absolute Gasteiger partial charge is 0.465 e. The maximum Gasteiger partial charge on any atom is 0.406 e. The van der Waals surface area contributed by atoms with Gasteiger partial charge in [0, 0.05) is 23.7 Å². The van der Waals surface area contributed by atoms with Crippen molar-refractivity contribution in [2.45, 2.75) is 92.3 Å². The normalized spacial score (nSPS) is 21.4. The van der Waals surface area contributed by atoms with Crippen LogP contribution in [0.1, 0.15) is 68.2 Å². The number of amides is 1. The van der Waals surface area contributed by atoms with Crippen LogP contribution in [0.25, 0.3) is 0 Å². The van der Waals surface area contributed by atoms with E-state index in [1.807, 2.05) is 53.7 Å². The van der Waals surface area contributed by atoms with Gasteiger partial charge in [0.15, 0.2) is 5.72 Å². The van der Waals surface area contributed by atoms with Crippen LogP contribution in [0.2, 0.25) is 0 Å². The molecule has 0 saturated heterocycles. The summed E-state index contributed by atoms with van der Waals surface area (Å²) in [5.41, 5.74) is -0.896. The van der Waals surface area contributed by atoms with Gasteiger partial charge in [0.1, 0.15) is 0 Å². The van der Waals surface area contributed by atoms with Gasteiger partial charge >= 0.3 is 6.09 Å². The first-order chi connectivity index (χ1) is 16.6. The Bertz CT molecular complexity index is 761. The Balaban J connectivity index is 5.35. The van der Waals surface area contributed by atoms with E-state index in [0.29, 0.717) is 18.8 Å². The minimum absolute atomic E-state index is 0.142. The second kappa shape index (κ2) is 16.0. The number of aliphatic hydroxyl groups is 4. The van der Waals surface area contributed by atoms with E-state index in [-0.39, 0.29) is 17.8 Å². The SMILES string of the molecule is C=CC=CC(C)C(O)(NC(=O)O)C(C)C(O)C(C)CC(C)=CC(C)C(O)C(C)C=CC(O)CC(C)C. The molecule has 0 fully saturated rings. The molecule has 208 valence electrons. The second-order valence-corrected chi connectivity index (χ2v) is 10.9. The van der Waals surface area contributed by atoms with Gasteiger partial charge in [-0.25, -0.2) is 4.79 Å². The standard InChI is InChI=1S/C29H51NO6/c1-10-11-12-23(8)29(36,30-28(34)35)24(9)27(33)22(7)17-19(4)16-21(6)26(32)20(5)13-14-25(31)15-18(2)3/h10-14,16,18,20-27,30-33,36H,1,15,17H2,2-9H3,(H,34,35). The third-order valence-electron chi connectivity index (χ3n) is 6.95. The molecule has 9 unspecified atom stereocenters. The molecule has 0 aliphatic heterocycles. The van der Waals surface area contributed by atoms with Gasteiger partial charge in [0.2, 0.25) is 0 Å². The van der Waals surface area contributed by atoms with E-state index in [9.17, 15) is 30.3 Å². The molecule has 1 amide bonds. The molecule has 0 heterocycles. The number of hydrogen-bond donors (Lipinski definition) is 6. The molecule has 0 aromatic rings. The highest BCUT2D eigenvalue weighted by atomic mass is 16.4. The molecule has 7 heteroatoms. The summed E-state index contributed by atoms with van der Waals surface area (Å²) in [7, 11) is 0. The van der Waals surface area contributed by atoms with Gasteiger partial charge in [-0.2, -0.15) is 0 Å². The van der Waals surface area contributed by atoms with Gasteiger partial charge in [0.05, 0.1) is 18.3 Å². The predicted molar refractivity (Wildman–Crippen MR) is 146 cm³/mol. The van der Waals surface area contributed by atoms with Crippen LogP contribution in [0.15, 0.2) is 48.6 Å². The predicted octanol–water partition coefficient (Wildman–Crippen LogP) is 4.89. The molecular formula is C29H51NO6. The fraction of sp³-hybridized carbons (Fsp3) is 0.690. The highest BCUT2D eigenvalue weighted by molar-refractivity contribution is 5.65. The van der Waals surface area contributed by atoms with Crippen molar-refractivity contribution in [2.24, 2.45) is 35.5 Å². The van der Waals surface area contributed by atoms with Crippen LogP contribution in [-0.2, 0) is 0 Å². The average molecular weight is 510 g/mol. The smallest absolute Gasteiger partial charge is 0.406 e. The van der Waals surface area contributed by atoms with Crippen molar-refractivity contribution in [3.05, 3.63) is 48.6 Å². The second-order valence-electron chi connectivity index (χ2n) is 10.9. The number of carboxylic acid groups (broad SMARTS) is 1.